The van der Waals surface area contributed by atoms with Crippen molar-refractivity contribution in [1.82, 2.24) is 13.0 Å². The number of rotatable bonds is 2. The van der Waals surface area contributed by atoms with Crippen molar-refractivity contribution in [2.24, 2.45) is 0 Å². The van der Waals surface area contributed by atoms with Gasteiger partial charge in [-0.1, -0.05) is 13.8 Å². The van der Waals surface area contributed by atoms with E-state index in [0.29, 0.717) is 5.92 Å². The molecule has 3 nitrogen and oxygen atoms in total. The van der Waals surface area contributed by atoms with E-state index >= 15 is 0 Å². The molecule has 2 heterocycles. The van der Waals surface area contributed by atoms with E-state index in [1.165, 1.54) is 11.1 Å². The summed E-state index contributed by atoms with van der Waals surface area (Å²) in [5, 5.41) is 5.62. The zero-order valence-corrected chi connectivity index (χ0v) is 10.4. The minimum Gasteiger partial charge on any atom is -0.264 e. The summed E-state index contributed by atoms with van der Waals surface area (Å²) >= 11 is 2.23. The number of hydrogen-bond donors (Lipinski definition) is 0. The highest BCUT2D eigenvalue weighted by Crippen LogP contribution is 2.27. The Kier molecular flexibility index (Phi) is 2.71. The lowest BCUT2D eigenvalue weighted by atomic mass is 10.0. The molecule has 4 heteroatoms. The van der Waals surface area contributed by atoms with Gasteiger partial charge in [0.2, 0.25) is 0 Å². The van der Waals surface area contributed by atoms with Crippen LogP contribution in [0.1, 0.15) is 31.9 Å². The highest BCUT2D eigenvalue weighted by Gasteiger charge is 2.14. The molecule has 0 aliphatic rings. The predicted octanol–water partition coefficient (Wildman–Crippen LogP) is 3.14. The van der Waals surface area contributed by atoms with Crippen LogP contribution in [-0.2, 0) is 0 Å². The Bertz CT molecular complexity index is 450. The Morgan fingerprint density at radius 1 is 1.57 bits per heavy atom. The van der Waals surface area contributed by atoms with Gasteiger partial charge in [-0.3, -0.25) is 4.98 Å². The van der Waals surface area contributed by atoms with E-state index < -0.39 is 0 Å². The maximum Gasteiger partial charge on any atom is 0.0966 e. The van der Waals surface area contributed by atoms with E-state index in [4.69, 9.17) is 0 Å². The maximum absolute atomic E-state index is 4.45. The van der Waals surface area contributed by atoms with Gasteiger partial charge in [-0.05, 0) is 18.4 Å². The van der Waals surface area contributed by atoms with E-state index in [1.54, 1.807) is 6.20 Å². The highest BCUT2D eigenvalue weighted by atomic mass is 127. The molecule has 0 saturated carbocycles. The van der Waals surface area contributed by atoms with Crippen LogP contribution in [0.3, 0.4) is 0 Å². The molecule has 0 bridgehead atoms. The van der Waals surface area contributed by atoms with Gasteiger partial charge >= 0.3 is 0 Å². The number of halogens is 1. The molecule has 14 heavy (non-hydrogen) atoms. The molecule has 2 rings (SSSR count). The molecule has 0 amide bonds. The molecule has 0 aromatic carbocycles. The van der Waals surface area contributed by atoms with Gasteiger partial charge in [-0.2, -0.15) is 5.10 Å². The highest BCUT2D eigenvalue weighted by molar-refractivity contribution is 14.1. The van der Waals surface area contributed by atoms with E-state index in [1.807, 2.05) is 15.2 Å². The third kappa shape index (κ3) is 1.51. The number of pyridine rings is 1. The molecule has 0 aliphatic carbocycles. The van der Waals surface area contributed by atoms with Crippen molar-refractivity contribution in [3.8, 4) is 0 Å². The summed E-state index contributed by atoms with van der Waals surface area (Å²) in [5.74, 6) is 0.529. The molecule has 2 aromatic heterocycles. The maximum atomic E-state index is 4.45. The summed E-state index contributed by atoms with van der Waals surface area (Å²) in [6.45, 7) is 4.41. The summed E-state index contributed by atoms with van der Waals surface area (Å²) < 4.78 is 1.94. The van der Waals surface area contributed by atoms with Gasteiger partial charge in [-0.25, -0.2) is 2.90 Å². The molecule has 0 N–H and O–H groups in total. The fourth-order valence-electron chi connectivity index (χ4n) is 1.56. The second-order valence-corrected chi connectivity index (χ2v) is 4.36. The third-order valence-corrected chi connectivity index (χ3v) is 3.28. The molecule has 0 saturated heterocycles. The summed E-state index contributed by atoms with van der Waals surface area (Å²) in [7, 11) is 0. The minimum absolute atomic E-state index is 0.529. The average molecular weight is 301 g/mol. The van der Waals surface area contributed by atoms with Gasteiger partial charge in [0.05, 0.1) is 34.1 Å². The van der Waals surface area contributed by atoms with Crippen LogP contribution < -0.4 is 0 Å². The van der Waals surface area contributed by atoms with Crippen molar-refractivity contribution in [1.29, 1.82) is 0 Å². The molecule has 0 spiro atoms. The van der Waals surface area contributed by atoms with Gasteiger partial charge in [0, 0.05) is 17.8 Å². The van der Waals surface area contributed by atoms with Crippen molar-refractivity contribution >= 4 is 33.8 Å². The SMILES string of the molecule is CCC(C)c1c2cnccc2nn1I. The summed E-state index contributed by atoms with van der Waals surface area (Å²) in [5.41, 5.74) is 2.31. The second-order valence-electron chi connectivity index (χ2n) is 3.45. The smallest absolute Gasteiger partial charge is 0.0966 e. The Morgan fingerprint density at radius 3 is 3.07 bits per heavy atom. The quantitative estimate of drug-likeness (QED) is 0.798. The molecule has 1 atom stereocenters. The number of fused-ring (bicyclic) bond motifs is 1. The van der Waals surface area contributed by atoms with Crippen LogP contribution in [0.4, 0.5) is 0 Å². The summed E-state index contributed by atoms with van der Waals surface area (Å²) in [4.78, 5) is 4.15. The van der Waals surface area contributed by atoms with Crippen molar-refractivity contribution < 1.29 is 0 Å². The Labute approximate surface area is 97.0 Å². The van der Waals surface area contributed by atoms with Gasteiger partial charge in [0.1, 0.15) is 0 Å². The summed E-state index contributed by atoms with van der Waals surface area (Å²) in [6, 6.07) is 1.95. The third-order valence-electron chi connectivity index (χ3n) is 2.55. The van der Waals surface area contributed by atoms with E-state index in [0.717, 1.165) is 11.9 Å². The lowest BCUT2D eigenvalue weighted by Crippen LogP contribution is -1.97. The molecule has 0 fully saturated rings. The molecular formula is C10H12IN3. The van der Waals surface area contributed by atoms with Gasteiger partial charge in [-0.15, -0.1) is 0 Å². The largest absolute Gasteiger partial charge is 0.264 e. The molecule has 2 aromatic rings. The Hall–Kier alpha value is -0.650. The first-order valence-corrected chi connectivity index (χ1v) is 5.69. The zero-order valence-electron chi connectivity index (χ0n) is 8.24. The molecular weight excluding hydrogens is 289 g/mol. The minimum atomic E-state index is 0.529. The van der Waals surface area contributed by atoms with Crippen LogP contribution in [0.2, 0.25) is 0 Å². The van der Waals surface area contributed by atoms with Gasteiger partial charge in [0.15, 0.2) is 0 Å². The monoisotopic (exact) mass is 301 g/mol. The standard InChI is InChI=1S/C10H12IN3/c1-3-7(2)10-8-6-12-5-4-9(8)13-14(10)11/h4-7H,3H2,1-2H3. The van der Waals surface area contributed by atoms with Crippen LogP contribution in [0, 0.1) is 0 Å². The van der Waals surface area contributed by atoms with E-state index in [-0.39, 0.29) is 0 Å². The topological polar surface area (TPSA) is 30.7 Å². The molecule has 0 radical (unpaired) electrons. The van der Waals surface area contributed by atoms with E-state index in [2.05, 4.69) is 46.8 Å². The Morgan fingerprint density at radius 2 is 2.36 bits per heavy atom. The van der Waals surface area contributed by atoms with Crippen LogP contribution in [0.5, 0.6) is 0 Å². The molecule has 74 valence electrons. The summed E-state index contributed by atoms with van der Waals surface area (Å²) in [6.07, 6.45) is 4.81. The second kappa shape index (κ2) is 3.84. The van der Waals surface area contributed by atoms with Crippen molar-refractivity contribution in [3.63, 3.8) is 0 Å². The Balaban J connectivity index is 2.67. The number of hydrogen-bond acceptors (Lipinski definition) is 2. The van der Waals surface area contributed by atoms with Crippen LogP contribution in [0.15, 0.2) is 18.5 Å². The van der Waals surface area contributed by atoms with E-state index in [9.17, 15) is 0 Å². The van der Waals surface area contributed by atoms with Crippen molar-refractivity contribution in [2.75, 3.05) is 0 Å². The van der Waals surface area contributed by atoms with Gasteiger partial charge < -0.3 is 0 Å². The van der Waals surface area contributed by atoms with Crippen LogP contribution >= 0.6 is 22.9 Å². The first kappa shape index (κ1) is 9.89. The number of nitrogens with zero attached hydrogens (tertiary/aromatic N) is 3. The zero-order chi connectivity index (χ0) is 10.1. The van der Waals surface area contributed by atoms with Crippen LogP contribution in [0.25, 0.3) is 10.9 Å². The van der Waals surface area contributed by atoms with Crippen molar-refractivity contribution in [3.05, 3.63) is 24.2 Å². The lowest BCUT2D eigenvalue weighted by molar-refractivity contribution is 0.703. The lowest BCUT2D eigenvalue weighted by Gasteiger charge is -2.07. The van der Waals surface area contributed by atoms with Crippen LogP contribution in [-0.4, -0.2) is 13.0 Å². The first-order chi connectivity index (χ1) is 6.74. The first-order valence-electron chi connectivity index (χ1n) is 4.72. The normalized spacial score (nSPS) is 13.4. The molecule has 0 aliphatic heterocycles. The van der Waals surface area contributed by atoms with Crippen molar-refractivity contribution in [2.45, 2.75) is 26.2 Å². The van der Waals surface area contributed by atoms with Gasteiger partial charge in [0.25, 0.3) is 0 Å². The number of aromatic nitrogens is 3. The molecule has 1 unspecified atom stereocenters. The average Bonchev–Trinajstić information content (AvgIpc) is 2.53. The fourth-order valence-corrected chi connectivity index (χ4v) is 2.53. The fraction of sp³-hybridized carbons (Fsp3) is 0.400. The predicted molar refractivity (Wildman–Crippen MR) is 65.7 cm³/mol.